The number of benzene rings is 1. The minimum Gasteiger partial charge on any atom is -0.389 e. The number of thiophene rings is 1. The van der Waals surface area contributed by atoms with Crippen LogP contribution in [-0.4, -0.2) is 16.5 Å². The number of hydrogen-bond acceptors (Lipinski definition) is 6. The van der Waals surface area contributed by atoms with Crippen LogP contribution in [0.5, 0.6) is 0 Å². The van der Waals surface area contributed by atoms with Crippen LogP contribution < -0.4 is 10.6 Å². The van der Waals surface area contributed by atoms with E-state index in [9.17, 15) is 14.0 Å². The summed E-state index contributed by atoms with van der Waals surface area (Å²) in [5.41, 5.74) is 7.93. The molecule has 3 aromatic rings. The summed E-state index contributed by atoms with van der Waals surface area (Å²) < 4.78 is 26.4. The maximum Gasteiger partial charge on any atom is 0.297 e. The van der Waals surface area contributed by atoms with Gasteiger partial charge >= 0.3 is 0 Å². The Labute approximate surface area is 146 Å². The second-order valence-electron chi connectivity index (χ2n) is 5.75. The number of fused-ring (bicyclic) bond motifs is 2. The number of nitriles is 1. The van der Waals surface area contributed by atoms with Gasteiger partial charge in [-0.1, -0.05) is 12.1 Å². The zero-order chi connectivity index (χ0) is 17.6. The van der Waals surface area contributed by atoms with Crippen molar-refractivity contribution in [2.24, 2.45) is 0 Å². The molecular weight excluding hydrogens is 344 g/mol. The number of halogens is 2. The summed E-state index contributed by atoms with van der Waals surface area (Å²) in [5.74, 6) is 0.0277. The third-order valence-electron chi connectivity index (χ3n) is 4.29. The Morgan fingerprint density at radius 3 is 2.84 bits per heavy atom. The zero-order valence-corrected chi connectivity index (χ0v) is 13.9. The number of nitrogens with two attached hydrogens (primary N) is 1. The van der Waals surface area contributed by atoms with Gasteiger partial charge in [-0.15, -0.1) is 11.3 Å². The van der Waals surface area contributed by atoms with Crippen molar-refractivity contribution in [1.82, 2.24) is 9.97 Å². The van der Waals surface area contributed by atoms with Crippen LogP contribution in [0, 0.1) is 11.3 Å². The minimum atomic E-state index is -2.73. The molecule has 0 bridgehead atoms. The van der Waals surface area contributed by atoms with Gasteiger partial charge in [0.2, 0.25) is 0 Å². The molecular formula is C17H13F2N5S. The van der Waals surface area contributed by atoms with Crippen molar-refractivity contribution < 1.29 is 8.78 Å². The van der Waals surface area contributed by atoms with Crippen LogP contribution >= 0.6 is 11.3 Å². The summed E-state index contributed by atoms with van der Waals surface area (Å²) in [6, 6.07) is 9.30. The lowest BCUT2D eigenvalue weighted by Crippen LogP contribution is -2.31. The van der Waals surface area contributed by atoms with Crippen LogP contribution in [0.3, 0.4) is 0 Å². The molecule has 8 heteroatoms. The summed E-state index contributed by atoms with van der Waals surface area (Å²) >= 11 is 1.38. The molecule has 1 aliphatic heterocycles. The van der Waals surface area contributed by atoms with Crippen molar-refractivity contribution in [1.29, 1.82) is 5.26 Å². The van der Waals surface area contributed by atoms with Crippen molar-refractivity contribution in [2.45, 2.75) is 19.4 Å². The second-order valence-corrected chi connectivity index (χ2v) is 6.89. The third-order valence-corrected chi connectivity index (χ3v) is 5.34. The van der Waals surface area contributed by atoms with E-state index in [1.54, 1.807) is 12.1 Å². The number of nitrogen functional groups attached to an aromatic ring is 1. The van der Waals surface area contributed by atoms with Crippen LogP contribution in [0.2, 0.25) is 0 Å². The Balaban J connectivity index is 1.81. The number of nitrogens with zero attached hydrogens (tertiary/aromatic N) is 4. The van der Waals surface area contributed by atoms with Gasteiger partial charge in [0.05, 0.1) is 17.6 Å². The Hall–Kier alpha value is -2.79. The lowest BCUT2D eigenvalue weighted by atomic mass is 10.0. The molecule has 0 radical (unpaired) electrons. The van der Waals surface area contributed by atoms with E-state index >= 15 is 0 Å². The van der Waals surface area contributed by atoms with Gasteiger partial charge in [0.25, 0.3) is 6.43 Å². The van der Waals surface area contributed by atoms with Gasteiger partial charge < -0.3 is 10.6 Å². The first-order valence-corrected chi connectivity index (χ1v) is 8.50. The van der Waals surface area contributed by atoms with Crippen molar-refractivity contribution in [3.63, 3.8) is 0 Å². The number of hydrogen-bond donors (Lipinski definition) is 1. The molecule has 126 valence electrons. The van der Waals surface area contributed by atoms with Crippen molar-refractivity contribution in [3.8, 4) is 6.07 Å². The van der Waals surface area contributed by atoms with E-state index in [1.165, 1.54) is 11.3 Å². The van der Waals surface area contributed by atoms with Crippen LogP contribution in [0.4, 0.5) is 19.6 Å². The first-order chi connectivity index (χ1) is 12.1. The fourth-order valence-corrected chi connectivity index (χ4v) is 4.23. The molecule has 0 saturated heterocycles. The molecule has 25 heavy (non-hydrogen) atoms. The fourth-order valence-electron chi connectivity index (χ4n) is 3.14. The number of aromatic nitrogens is 2. The maximum atomic E-state index is 13.2. The van der Waals surface area contributed by atoms with E-state index in [4.69, 9.17) is 5.73 Å². The number of anilines is 2. The molecule has 3 heterocycles. The molecule has 0 unspecified atom stereocenters. The highest BCUT2D eigenvalue weighted by atomic mass is 32.1. The summed E-state index contributed by atoms with van der Waals surface area (Å²) in [4.78, 5) is 11.0. The average molecular weight is 357 g/mol. The predicted octanol–water partition coefficient (Wildman–Crippen LogP) is 3.65. The van der Waals surface area contributed by atoms with Gasteiger partial charge in [-0.25, -0.2) is 18.7 Å². The van der Waals surface area contributed by atoms with E-state index < -0.39 is 12.2 Å². The highest BCUT2D eigenvalue weighted by Crippen LogP contribution is 2.37. The molecule has 0 fully saturated rings. The Morgan fingerprint density at radius 2 is 2.08 bits per heavy atom. The Bertz CT molecular complexity index is 1010. The van der Waals surface area contributed by atoms with Crippen LogP contribution in [0.15, 0.2) is 24.3 Å². The van der Waals surface area contributed by atoms with E-state index in [-0.39, 0.29) is 0 Å². The summed E-state index contributed by atoms with van der Waals surface area (Å²) in [6.07, 6.45) is -2.10. The molecule has 4 rings (SSSR count). The molecule has 0 atom stereocenters. The van der Waals surface area contributed by atoms with Crippen LogP contribution in [0.1, 0.15) is 28.3 Å². The number of para-hydroxylation sites is 1. The lowest BCUT2D eigenvalue weighted by Gasteiger charge is -2.29. The average Bonchev–Trinajstić information content (AvgIpc) is 2.94. The largest absolute Gasteiger partial charge is 0.389 e. The SMILES string of the molecule is N#Cc1c(N)sc2c1CCN(c1nc(C(F)F)nc3ccccc13)C2. The van der Waals surface area contributed by atoms with E-state index in [0.717, 1.165) is 15.8 Å². The number of alkyl halides is 2. The highest BCUT2D eigenvalue weighted by molar-refractivity contribution is 7.16. The van der Waals surface area contributed by atoms with Crippen molar-refractivity contribution >= 4 is 33.1 Å². The molecule has 1 aromatic carbocycles. The van der Waals surface area contributed by atoms with Gasteiger partial charge in [-0.2, -0.15) is 5.26 Å². The van der Waals surface area contributed by atoms with Gasteiger partial charge in [-0.3, -0.25) is 0 Å². The third kappa shape index (κ3) is 2.57. The predicted molar refractivity (Wildman–Crippen MR) is 92.7 cm³/mol. The monoisotopic (exact) mass is 357 g/mol. The van der Waals surface area contributed by atoms with Crippen LogP contribution in [0.25, 0.3) is 10.9 Å². The normalized spacial score (nSPS) is 13.9. The van der Waals surface area contributed by atoms with Crippen LogP contribution in [-0.2, 0) is 13.0 Å². The van der Waals surface area contributed by atoms with E-state index in [2.05, 4.69) is 16.0 Å². The molecule has 2 aromatic heterocycles. The summed E-state index contributed by atoms with van der Waals surface area (Å²) in [5, 5.41) is 10.5. The Kier molecular flexibility index (Phi) is 3.73. The molecule has 1 aliphatic rings. The summed E-state index contributed by atoms with van der Waals surface area (Å²) in [7, 11) is 0. The second kappa shape index (κ2) is 5.93. The first kappa shape index (κ1) is 15.7. The topological polar surface area (TPSA) is 78.8 Å². The first-order valence-electron chi connectivity index (χ1n) is 7.68. The lowest BCUT2D eigenvalue weighted by molar-refractivity contribution is 0.141. The quantitative estimate of drug-likeness (QED) is 0.757. The van der Waals surface area contributed by atoms with Crippen molar-refractivity contribution in [3.05, 3.63) is 46.1 Å². The van der Waals surface area contributed by atoms with Crippen molar-refractivity contribution in [2.75, 3.05) is 17.2 Å². The zero-order valence-electron chi connectivity index (χ0n) is 13.0. The van der Waals surface area contributed by atoms with Gasteiger partial charge in [0.1, 0.15) is 16.9 Å². The molecule has 5 nitrogen and oxygen atoms in total. The van der Waals surface area contributed by atoms with E-state index in [0.29, 0.717) is 41.4 Å². The minimum absolute atomic E-state index is 0.470. The van der Waals surface area contributed by atoms with E-state index in [1.807, 2.05) is 17.0 Å². The molecule has 0 saturated carbocycles. The molecule has 0 aliphatic carbocycles. The number of rotatable bonds is 2. The molecule has 0 amide bonds. The summed E-state index contributed by atoms with van der Waals surface area (Å²) in [6.45, 7) is 1.08. The van der Waals surface area contributed by atoms with Gasteiger partial charge in [-0.05, 0) is 24.1 Å². The van der Waals surface area contributed by atoms with Gasteiger partial charge in [0, 0.05) is 16.8 Å². The highest BCUT2D eigenvalue weighted by Gasteiger charge is 2.26. The maximum absolute atomic E-state index is 13.2. The smallest absolute Gasteiger partial charge is 0.297 e. The van der Waals surface area contributed by atoms with Gasteiger partial charge in [0.15, 0.2) is 5.82 Å². The Morgan fingerprint density at radius 1 is 1.28 bits per heavy atom. The fraction of sp³-hybridized carbons (Fsp3) is 0.235. The molecule has 2 N–H and O–H groups in total. The molecule has 0 spiro atoms. The standard InChI is InChI=1S/C17H13F2N5S/c18-14(19)16-22-12-4-2-1-3-10(12)17(23-16)24-6-5-9-11(7-20)15(21)25-13(9)8-24/h1-4,14H,5-6,8,21H2.